The summed E-state index contributed by atoms with van der Waals surface area (Å²) in [6, 6.07) is 16.1. The highest BCUT2D eigenvalue weighted by Crippen LogP contribution is 2.39. The molecule has 1 fully saturated rings. The number of nitrogens with zero attached hydrogens (tertiary/aromatic N) is 4. The lowest BCUT2D eigenvalue weighted by atomic mass is 10.0. The molecule has 0 unspecified atom stereocenters. The highest BCUT2D eigenvalue weighted by atomic mass is 32.1. The largest absolute Gasteiger partial charge is 0.462 e. The second-order valence-corrected chi connectivity index (χ2v) is 9.75. The van der Waals surface area contributed by atoms with Crippen LogP contribution in [0, 0.1) is 6.92 Å². The van der Waals surface area contributed by atoms with Gasteiger partial charge in [-0.3, -0.25) is 0 Å². The Morgan fingerprint density at radius 1 is 1.00 bits per heavy atom. The van der Waals surface area contributed by atoms with Gasteiger partial charge in [0.05, 0.1) is 17.6 Å². The van der Waals surface area contributed by atoms with E-state index in [2.05, 4.69) is 41.1 Å². The van der Waals surface area contributed by atoms with Gasteiger partial charge < -0.3 is 19.9 Å². The molecular formula is C28H31N5O2S. The number of para-hydroxylation sites is 2. The van der Waals surface area contributed by atoms with E-state index in [-0.39, 0.29) is 5.97 Å². The summed E-state index contributed by atoms with van der Waals surface area (Å²) in [4.78, 5) is 27.8. The van der Waals surface area contributed by atoms with Gasteiger partial charge in [-0.1, -0.05) is 48.9 Å². The maximum absolute atomic E-state index is 13.1. The zero-order valence-electron chi connectivity index (χ0n) is 21.0. The minimum Gasteiger partial charge on any atom is -0.462 e. The Bertz CT molecular complexity index is 1360. The number of esters is 1. The molecule has 0 amide bonds. The van der Waals surface area contributed by atoms with Crippen molar-refractivity contribution in [2.45, 2.75) is 20.8 Å². The summed E-state index contributed by atoms with van der Waals surface area (Å²) in [6.45, 7) is 11.1. The van der Waals surface area contributed by atoms with Crippen LogP contribution in [0.15, 0.2) is 53.9 Å². The number of likely N-dealkylation sites (N-methyl/N-ethyl adjacent to an activating group) is 1. The van der Waals surface area contributed by atoms with E-state index in [1.807, 2.05) is 48.7 Å². The number of rotatable bonds is 7. The number of aryl methyl sites for hydroxylation is 1. The van der Waals surface area contributed by atoms with Crippen molar-refractivity contribution in [3.05, 3.63) is 65.0 Å². The van der Waals surface area contributed by atoms with Gasteiger partial charge in [0.2, 0.25) is 0 Å². The maximum atomic E-state index is 13.1. The summed E-state index contributed by atoms with van der Waals surface area (Å²) in [5.41, 5.74) is 5.20. The lowest BCUT2D eigenvalue weighted by Crippen LogP contribution is -2.46. The number of hydrogen-bond acceptors (Lipinski definition) is 8. The fraction of sp³-hybridized carbons (Fsp3) is 0.321. The third-order valence-corrected chi connectivity index (χ3v) is 7.43. The molecule has 36 heavy (non-hydrogen) atoms. The van der Waals surface area contributed by atoms with Crippen molar-refractivity contribution in [1.29, 1.82) is 0 Å². The van der Waals surface area contributed by atoms with Crippen LogP contribution in [-0.4, -0.2) is 60.2 Å². The lowest BCUT2D eigenvalue weighted by Gasteiger charge is -2.35. The molecule has 1 aliphatic rings. The monoisotopic (exact) mass is 501 g/mol. The van der Waals surface area contributed by atoms with Crippen LogP contribution in [0.25, 0.3) is 22.2 Å². The molecule has 0 aliphatic carbocycles. The molecule has 2 aromatic heterocycles. The van der Waals surface area contributed by atoms with Gasteiger partial charge in [-0.2, -0.15) is 0 Å². The molecule has 1 aliphatic heterocycles. The number of carbonyl (C=O) groups is 1. The zero-order valence-corrected chi connectivity index (χ0v) is 21.8. The van der Waals surface area contributed by atoms with Crippen LogP contribution in [0.1, 0.15) is 29.8 Å². The lowest BCUT2D eigenvalue weighted by molar-refractivity contribution is 0.0529. The van der Waals surface area contributed by atoms with Gasteiger partial charge in [0.25, 0.3) is 0 Å². The third kappa shape index (κ3) is 4.92. The molecule has 4 aromatic rings. The molecule has 7 nitrogen and oxygen atoms in total. The smallest absolute Gasteiger partial charge is 0.341 e. The number of thiophene rings is 1. The van der Waals surface area contributed by atoms with Crippen molar-refractivity contribution in [3.8, 4) is 11.1 Å². The van der Waals surface area contributed by atoms with E-state index in [4.69, 9.17) is 14.7 Å². The molecule has 8 heteroatoms. The summed E-state index contributed by atoms with van der Waals surface area (Å²) < 4.78 is 5.47. The number of anilines is 3. The van der Waals surface area contributed by atoms with Gasteiger partial charge in [-0.25, -0.2) is 14.8 Å². The minimum atomic E-state index is -0.344. The van der Waals surface area contributed by atoms with E-state index in [0.29, 0.717) is 23.0 Å². The van der Waals surface area contributed by atoms with Crippen LogP contribution in [0.4, 0.5) is 16.6 Å². The van der Waals surface area contributed by atoms with E-state index in [1.165, 1.54) is 16.9 Å². The first-order chi connectivity index (χ1) is 17.6. The predicted molar refractivity (Wildman–Crippen MR) is 148 cm³/mol. The van der Waals surface area contributed by atoms with Crippen LogP contribution in [0.2, 0.25) is 0 Å². The molecule has 2 aromatic carbocycles. The normalized spacial score (nSPS) is 14.2. The van der Waals surface area contributed by atoms with Crippen molar-refractivity contribution >= 4 is 45.0 Å². The average Bonchev–Trinajstić information content (AvgIpc) is 3.32. The van der Waals surface area contributed by atoms with Gasteiger partial charge >= 0.3 is 5.97 Å². The molecule has 3 heterocycles. The number of carbonyl (C=O) groups excluding carboxylic acids is 1. The van der Waals surface area contributed by atoms with Crippen LogP contribution in [0.3, 0.4) is 0 Å². The summed E-state index contributed by atoms with van der Waals surface area (Å²) >= 11 is 1.48. The van der Waals surface area contributed by atoms with Crippen LogP contribution in [0.5, 0.6) is 0 Å². The second-order valence-electron chi connectivity index (χ2n) is 8.87. The first-order valence-corrected chi connectivity index (χ1v) is 13.3. The number of benzene rings is 2. The molecule has 0 saturated carbocycles. The second kappa shape index (κ2) is 10.6. The van der Waals surface area contributed by atoms with E-state index in [9.17, 15) is 4.79 Å². The standard InChI is InChI=1S/C28H31N5O2S/c1-4-32-14-16-33(17-15-32)26-25(29-22-8-6-7-9-23(22)30-26)31-27-24(28(34)35-5-2)21(18-36-27)20-12-10-19(3)11-13-20/h6-13,18H,4-5,14-17H2,1-3H3,(H,29,31). The number of hydrogen-bond donors (Lipinski definition) is 1. The van der Waals surface area contributed by atoms with Crippen LogP contribution in [-0.2, 0) is 4.74 Å². The van der Waals surface area contributed by atoms with Crippen molar-refractivity contribution in [1.82, 2.24) is 14.9 Å². The fourth-order valence-electron chi connectivity index (χ4n) is 4.48. The van der Waals surface area contributed by atoms with E-state index in [1.54, 1.807) is 0 Å². The molecule has 0 radical (unpaired) electrons. The number of piperazine rings is 1. The van der Waals surface area contributed by atoms with Crippen molar-refractivity contribution in [2.75, 3.05) is 49.5 Å². The topological polar surface area (TPSA) is 70.6 Å². The van der Waals surface area contributed by atoms with Crippen LogP contribution < -0.4 is 10.2 Å². The molecule has 0 atom stereocenters. The van der Waals surface area contributed by atoms with Gasteiger partial charge in [0.1, 0.15) is 10.6 Å². The Labute approximate surface area is 215 Å². The summed E-state index contributed by atoms with van der Waals surface area (Å²) in [5.74, 6) is 1.12. The number of nitrogens with one attached hydrogen (secondary N) is 1. The molecule has 0 bridgehead atoms. The average molecular weight is 502 g/mol. The summed E-state index contributed by atoms with van der Waals surface area (Å²) in [5, 5.41) is 6.20. The maximum Gasteiger partial charge on any atom is 0.341 e. The molecule has 5 rings (SSSR count). The number of ether oxygens (including phenoxy) is 1. The third-order valence-electron chi connectivity index (χ3n) is 6.54. The highest BCUT2D eigenvalue weighted by Gasteiger charge is 2.25. The number of fused-ring (bicyclic) bond motifs is 1. The Morgan fingerprint density at radius 2 is 1.69 bits per heavy atom. The summed E-state index contributed by atoms with van der Waals surface area (Å²) in [7, 11) is 0. The Hall–Kier alpha value is -3.49. The first kappa shape index (κ1) is 24.2. The fourth-order valence-corrected chi connectivity index (χ4v) is 5.44. The van der Waals surface area contributed by atoms with E-state index >= 15 is 0 Å². The van der Waals surface area contributed by atoms with Crippen molar-refractivity contribution in [2.24, 2.45) is 0 Å². The zero-order chi connectivity index (χ0) is 25.1. The van der Waals surface area contributed by atoms with E-state index in [0.717, 1.165) is 60.7 Å². The molecule has 1 N–H and O–H groups in total. The highest BCUT2D eigenvalue weighted by molar-refractivity contribution is 7.15. The van der Waals surface area contributed by atoms with Crippen LogP contribution >= 0.6 is 11.3 Å². The first-order valence-electron chi connectivity index (χ1n) is 12.4. The summed E-state index contributed by atoms with van der Waals surface area (Å²) in [6.07, 6.45) is 0. The SMILES string of the molecule is CCOC(=O)c1c(-c2ccc(C)cc2)csc1Nc1nc2ccccc2nc1N1CCN(CC)CC1. The molecule has 1 saturated heterocycles. The van der Waals surface area contributed by atoms with Crippen molar-refractivity contribution in [3.63, 3.8) is 0 Å². The Morgan fingerprint density at radius 3 is 2.36 bits per heavy atom. The predicted octanol–water partition coefficient (Wildman–Crippen LogP) is 5.73. The Balaban J connectivity index is 1.57. The van der Waals surface area contributed by atoms with Crippen molar-refractivity contribution < 1.29 is 9.53 Å². The molecular weight excluding hydrogens is 470 g/mol. The Kier molecular flexibility index (Phi) is 7.16. The quantitative estimate of drug-likeness (QED) is 0.324. The van der Waals surface area contributed by atoms with Gasteiger partial charge in [0.15, 0.2) is 11.6 Å². The van der Waals surface area contributed by atoms with Gasteiger partial charge in [-0.15, -0.1) is 11.3 Å². The molecule has 186 valence electrons. The number of aromatic nitrogens is 2. The van der Waals surface area contributed by atoms with Gasteiger partial charge in [0, 0.05) is 37.1 Å². The van der Waals surface area contributed by atoms with E-state index < -0.39 is 0 Å². The van der Waals surface area contributed by atoms with Gasteiger partial charge in [-0.05, 0) is 38.1 Å². The molecule has 0 spiro atoms. The minimum absolute atomic E-state index is 0.310.